The Morgan fingerprint density at radius 2 is 1.90 bits per heavy atom. The Bertz CT molecular complexity index is 1100. The quantitative estimate of drug-likeness (QED) is 0.738. The number of amides is 1. The third kappa shape index (κ3) is 2.47. The molecule has 0 fully saturated rings. The van der Waals surface area contributed by atoms with Crippen LogP contribution in [0.3, 0.4) is 0 Å². The van der Waals surface area contributed by atoms with Gasteiger partial charge in [-0.15, -0.1) is 0 Å². The van der Waals surface area contributed by atoms with E-state index in [1.807, 2.05) is 0 Å². The Morgan fingerprint density at radius 3 is 2.60 bits per heavy atom. The van der Waals surface area contributed by atoms with Gasteiger partial charge in [0.2, 0.25) is 5.91 Å². The highest BCUT2D eigenvalue weighted by Crippen LogP contribution is 2.57. The summed E-state index contributed by atoms with van der Waals surface area (Å²) in [6.07, 6.45) is 0. The molecule has 1 aromatic carbocycles. The molecule has 0 unspecified atom stereocenters. The average Bonchev–Trinajstić information content (AvgIpc) is 3.28. The number of rotatable bonds is 5. The first-order chi connectivity index (χ1) is 14.4. The van der Waals surface area contributed by atoms with Crippen LogP contribution in [0.25, 0.3) is 11.3 Å². The number of carbonyl (C=O) groups is 3. The zero-order valence-corrected chi connectivity index (χ0v) is 16.9. The van der Waals surface area contributed by atoms with Crippen molar-refractivity contribution in [2.24, 2.45) is 0 Å². The average molecular weight is 411 g/mol. The Hall–Kier alpha value is -3.62. The maximum Gasteiger partial charge on any atom is 0.337 e. The zero-order valence-electron chi connectivity index (χ0n) is 16.9. The van der Waals surface area contributed by atoms with Crippen LogP contribution in [-0.2, 0) is 29.3 Å². The standard InChI is InChI=1S/C21H21N3O6/c1-4-28-14(25)10-24-11(3)15(18(26)29-5-2)21(19(24)27)13-9-7-6-8-12(13)16-17(21)23-20(22)30-16/h6-9H,4-5,10H2,1-3H3,(H2,22,23)/t21-/m1/s1. The van der Waals surface area contributed by atoms with Gasteiger partial charge in [0.15, 0.2) is 11.2 Å². The number of nitrogens with two attached hydrogens (primary N) is 1. The fourth-order valence-corrected chi connectivity index (χ4v) is 4.28. The topological polar surface area (TPSA) is 125 Å². The lowest BCUT2D eigenvalue weighted by Crippen LogP contribution is -2.44. The number of nitrogen functional groups attached to an aromatic ring is 1. The number of nitrogens with zero attached hydrogens (tertiary/aromatic N) is 2. The second-order valence-electron chi connectivity index (χ2n) is 6.90. The van der Waals surface area contributed by atoms with Gasteiger partial charge in [-0.25, -0.2) is 4.79 Å². The number of ether oxygens (including phenoxy) is 2. The first kappa shape index (κ1) is 19.7. The predicted octanol–water partition coefficient (Wildman–Crippen LogP) is 1.77. The molecule has 9 heteroatoms. The minimum Gasteiger partial charge on any atom is -0.465 e. The third-order valence-corrected chi connectivity index (χ3v) is 5.35. The molecule has 1 atom stereocenters. The minimum absolute atomic E-state index is 0.0955. The summed E-state index contributed by atoms with van der Waals surface area (Å²) in [7, 11) is 0. The van der Waals surface area contributed by atoms with E-state index in [-0.39, 0.29) is 37.0 Å². The van der Waals surface area contributed by atoms with E-state index in [2.05, 4.69) is 4.98 Å². The zero-order chi connectivity index (χ0) is 21.6. The lowest BCUT2D eigenvalue weighted by atomic mass is 9.74. The first-order valence-corrected chi connectivity index (χ1v) is 9.60. The van der Waals surface area contributed by atoms with E-state index >= 15 is 0 Å². The fourth-order valence-electron chi connectivity index (χ4n) is 4.28. The molecule has 1 aromatic heterocycles. The fraction of sp³-hybridized carbons (Fsp3) is 0.333. The van der Waals surface area contributed by atoms with Crippen LogP contribution in [0, 0.1) is 0 Å². The molecule has 1 aliphatic carbocycles. The maximum absolute atomic E-state index is 13.9. The number of hydrogen-bond acceptors (Lipinski definition) is 8. The van der Waals surface area contributed by atoms with Crippen LogP contribution in [0.5, 0.6) is 0 Å². The van der Waals surface area contributed by atoms with Gasteiger partial charge in [0.25, 0.3) is 6.01 Å². The highest BCUT2D eigenvalue weighted by atomic mass is 16.5. The summed E-state index contributed by atoms with van der Waals surface area (Å²) in [5.41, 5.74) is 5.96. The van der Waals surface area contributed by atoms with Gasteiger partial charge in [-0.05, 0) is 26.3 Å². The highest BCUT2D eigenvalue weighted by molar-refractivity contribution is 6.14. The molecule has 9 nitrogen and oxygen atoms in total. The normalized spacial score (nSPS) is 19.3. The molecule has 2 N–H and O–H groups in total. The Morgan fingerprint density at radius 1 is 1.20 bits per heavy atom. The van der Waals surface area contributed by atoms with Crippen molar-refractivity contribution in [1.82, 2.24) is 9.88 Å². The van der Waals surface area contributed by atoms with Crippen molar-refractivity contribution < 1.29 is 28.3 Å². The number of hydrogen-bond donors (Lipinski definition) is 1. The molecule has 156 valence electrons. The van der Waals surface area contributed by atoms with E-state index in [9.17, 15) is 14.4 Å². The monoisotopic (exact) mass is 411 g/mol. The summed E-state index contributed by atoms with van der Waals surface area (Å²) in [4.78, 5) is 44.7. The summed E-state index contributed by atoms with van der Waals surface area (Å²) in [6, 6.07) is 6.94. The predicted molar refractivity (Wildman–Crippen MR) is 105 cm³/mol. The van der Waals surface area contributed by atoms with Crippen LogP contribution in [0.2, 0.25) is 0 Å². The molecule has 2 aromatic rings. The summed E-state index contributed by atoms with van der Waals surface area (Å²) in [5, 5.41) is 0. The smallest absolute Gasteiger partial charge is 0.337 e. The summed E-state index contributed by atoms with van der Waals surface area (Å²) < 4.78 is 15.9. The van der Waals surface area contributed by atoms with Gasteiger partial charge >= 0.3 is 11.9 Å². The van der Waals surface area contributed by atoms with Gasteiger partial charge in [0, 0.05) is 11.3 Å². The van der Waals surface area contributed by atoms with E-state index in [1.54, 1.807) is 45.0 Å². The molecule has 0 saturated carbocycles. The molecule has 0 saturated heterocycles. The molecule has 0 radical (unpaired) electrons. The summed E-state index contributed by atoms with van der Waals surface area (Å²) in [5.74, 6) is -1.43. The molecule has 2 aliphatic rings. The largest absolute Gasteiger partial charge is 0.465 e. The van der Waals surface area contributed by atoms with Crippen molar-refractivity contribution in [2.45, 2.75) is 26.2 Å². The number of anilines is 1. The molecule has 1 amide bonds. The van der Waals surface area contributed by atoms with E-state index in [0.717, 1.165) is 0 Å². The Balaban J connectivity index is 1.99. The molecule has 1 spiro atoms. The van der Waals surface area contributed by atoms with E-state index in [1.165, 1.54) is 4.90 Å². The Labute approximate surface area is 172 Å². The number of esters is 2. The maximum atomic E-state index is 13.9. The molecular formula is C21H21N3O6. The van der Waals surface area contributed by atoms with Gasteiger partial charge in [0.05, 0.1) is 18.8 Å². The molecule has 4 rings (SSSR count). The van der Waals surface area contributed by atoms with Crippen LogP contribution in [-0.4, -0.2) is 47.5 Å². The number of carbonyl (C=O) groups excluding carboxylic acids is 3. The molecule has 1 aliphatic heterocycles. The van der Waals surface area contributed by atoms with Gasteiger partial charge in [-0.2, -0.15) is 4.98 Å². The Kier molecular flexibility index (Phi) is 4.60. The van der Waals surface area contributed by atoms with Gasteiger partial charge in [-0.3, -0.25) is 9.59 Å². The van der Waals surface area contributed by atoms with Crippen LogP contribution >= 0.6 is 0 Å². The van der Waals surface area contributed by atoms with E-state index < -0.39 is 23.3 Å². The molecule has 2 heterocycles. The first-order valence-electron chi connectivity index (χ1n) is 9.60. The van der Waals surface area contributed by atoms with Crippen LogP contribution in [0.15, 0.2) is 40.0 Å². The second-order valence-corrected chi connectivity index (χ2v) is 6.90. The summed E-state index contributed by atoms with van der Waals surface area (Å²) in [6.45, 7) is 4.90. The van der Waals surface area contributed by atoms with Crippen molar-refractivity contribution in [3.63, 3.8) is 0 Å². The lowest BCUT2D eigenvalue weighted by Gasteiger charge is -2.26. The van der Waals surface area contributed by atoms with E-state index in [4.69, 9.17) is 19.6 Å². The minimum atomic E-state index is -1.60. The number of aromatic nitrogens is 1. The summed E-state index contributed by atoms with van der Waals surface area (Å²) >= 11 is 0. The van der Waals surface area contributed by atoms with Crippen molar-refractivity contribution in [2.75, 3.05) is 25.5 Å². The number of benzene rings is 1. The van der Waals surface area contributed by atoms with Gasteiger partial charge in [0.1, 0.15) is 12.2 Å². The van der Waals surface area contributed by atoms with Crippen LogP contribution < -0.4 is 5.73 Å². The van der Waals surface area contributed by atoms with Crippen LogP contribution in [0.1, 0.15) is 32.0 Å². The highest BCUT2D eigenvalue weighted by Gasteiger charge is 2.63. The number of allylic oxidation sites excluding steroid dienone is 1. The van der Waals surface area contributed by atoms with Crippen molar-refractivity contribution in [1.29, 1.82) is 0 Å². The third-order valence-electron chi connectivity index (χ3n) is 5.35. The molecule has 30 heavy (non-hydrogen) atoms. The van der Waals surface area contributed by atoms with E-state index in [0.29, 0.717) is 22.6 Å². The van der Waals surface area contributed by atoms with Crippen molar-refractivity contribution >= 4 is 23.9 Å². The van der Waals surface area contributed by atoms with Crippen LogP contribution in [0.4, 0.5) is 6.01 Å². The number of oxazole rings is 1. The number of fused-ring (bicyclic) bond motifs is 5. The second kappa shape index (κ2) is 7.01. The van der Waals surface area contributed by atoms with Crippen molar-refractivity contribution in [3.05, 3.63) is 46.8 Å². The lowest BCUT2D eigenvalue weighted by molar-refractivity contribution is -0.147. The molecule has 0 bridgehead atoms. The SMILES string of the molecule is CCOC(=O)CN1C(=O)[C@@]2(C(C(=O)OCC)=C1C)c1ccccc1-c1oc(N)nc12. The van der Waals surface area contributed by atoms with Gasteiger partial charge in [-0.1, -0.05) is 24.3 Å². The molecular weight excluding hydrogens is 390 g/mol. The van der Waals surface area contributed by atoms with Crippen molar-refractivity contribution in [3.8, 4) is 11.3 Å². The van der Waals surface area contributed by atoms with Gasteiger partial charge < -0.3 is 24.5 Å².